The van der Waals surface area contributed by atoms with Gasteiger partial charge < -0.3 is 15.7 Å². The number of guanidine groups is 1. The number of piperidine rings is 1. The number of aliphatic hydroxyl groups is 1. The highest BCUT2D eigenvalue weighted by Crippen LogP contribution is 2.14. The zero-order valence-electron chi connectivity index (χ0n) is 17.8. The second kappa shape index (κ2) is 12.9. The van der Waals surface area contributed by atoms with Gasteiger partial charge in [-0.25, -0.2) is 13.8 Å². The topological polar surface area (TPSA) is 59.9 Å². The summed E-state index contributed by atoms with van der Waals surface area (Å²) in [7, 11) is 0. The van der Waals surface area contributed by atoms with Gasteiger partial charge in [0.2, 0.25) is 0 Å². The van der Waals surface area contributed by atoms with E-state index in [1.807, 2.05) is 6.92 Å². The van der Waals surface area contributed by atoms with Gasteiger partial charge in [0.15, 0.2) is 5.96 Å². The third-order valence-electron chi connectivity index (χ3n) is 5.20. The van der Waals surface area contributed by atoms with E-state index in [0.717, 1.165) is 50.2 Å². The number of nitrogens with one attached hydrogen (secondary N) is 2. The minimum Gasteiger partial charge on any atom is -0.393 e. The number of hydrogen-bond donors (Lipinski definition) is 3. The van der Waals surface area contributed by atoms with E-state index in [2.05, 4.69) is 44.8 Å². The lowest BCUT2D eigenvalue weighted by molar-refractivity contribution is 0.0792. The molecule has 1 aliphatic heterocycles. The predicted octanol–water partition coefficient (Wildman–Crippen LogP) is 3.79. The average Bonchev–Trinajstić information content (AvgIpc) is 2.75. The SMILES string of the molecule is CCNC(=NCc1ccc(CN2CCC(O)CC2)cc1)NCc1cc(F)ccc1F.I. The second-order valence-corrected chi connectivity index (χ2v) is 7.61. The van der Waals surface area contributed by atoms with Crippen molar-refractivity contribution < 1.29 is 13.9 Å². The van der Waals surface area contributed by atoms with Gasteiger partial charge in [0.05, 0.1) is 12.6 Å². The van der Waals surface area contributed by atoms with Gasteiger partial charge in [-0.05, 0) is 49.1 Å². The minimum absolute atomic E-state index is 0. The molecule has 1 fully saturated rings. The van der Waals surface area contributed by atoms with Gasteiger partial charge in [0.25, 0.3) is 0 Å². The number of aliphatic imine (C=N–C) groups is 1. The summed E-state index contributed by atoms with van der Waals surface area (Å²) in [6.07, 6.45) is 1.53. The van der Waals surface area contributed by atoms with E-state index in [9.17, 15) is 13.9 Å². The molecular formula is C23H31F2IN4O. The van der Waals surface area contributed by atoms with Crippen molar-refractivity contribution >= 4 is 29.9 Å². The van der Waals surface area contributed by atoms with Crippen LogP contribution >= 0.6 is 24.0 Å². The van der Waals surface area contributed by atoms with Gasteiger partial charge >= 0.3 is 0 Å². The Morgan fingerprint density at radius 1 is 1.06 bits per heavy atom. The van der Waals surface area contributed by atoms with Crippen molar-refractivity contribution in [3.63, 3.8) is 0 Å². The molecule has 1 saturated heterocycles. The van der Waals surface area contributed by atoms with E-state index in [1.165, 1.54) is 11.6 Å². The van der Waals surface area contributed by atoms with Gasteiger partial charge in [0.1, 0.15) is 11.6 Å². The lowest BCUT2D eigenvalue weighted by atomic mass is 10.1. The molecule has 0 atom stereocenters. The summed E-state index contributed by atoms with van der Waals surface area (Å²) in [4.78, 5) is 6.90. The van der Waals surface area contributed by atoms with Crippen molar-refractivity contribution in [3.05, 3.63) is 70.8 Å². The first kappa shape index (κ1) is 25.5. The fourth-order valence-electron chi connectivity index (χ4n) is 3.46. The van der Waals surface area contributed by atoms with Crippen LogP contribution in [0.2, 0.25) is 0 Å². The molecule has 0 spiro atoms. The summed E-state index contributed by atoms with van der Waals surface area (Å²) in [5, 5.41) is 15.8. The van der Waals surface area contributed by atoms with Gasteiger partial charge in [-0.15, -0.1) is 24.0 Å². The Balaban J connectivity index is 0.00000341. The molecule has 0 bridgehead atoms. The van der Waals surface area contributed by atoms with Crippen LogP contribution in [0.15, 0.2) is 47.5 Å². The number of nitrogens with zero attached hydrogens (tertiary/aromatic N) is 2. The van der Waals surface area contributed by atoms with Gasteiger partial charge in [0, 0.05) is 38.3 Å². The fourth-order valence-corrected chi connectivity index (χ4v) is 3.46. The molecular weight excluding hydrogens is 513 g/mol. The van der Waals surface area contributed by atoms with Crippen LogP contribution in [0.3, 0.4) is 0 Å². The molecule has 170 valence electrons. The van der Waals surface area contributed by atoms with Crippen LogP contribution in [0.5, 0.6) is 0 Å². The molecule has 0 radical (unpaired) electrons. The maximum atomic E-state index is 13.8. The number of likely N-dealkylation sites (tertiary alicyclic amines) is 1. The Labute approximate surface area is 200 Å². The van der Waals surface area contributed by atoms with E-state index < -0.39 is 11.6 Å². The Hall–Kier alpha value is -1.78. The van der Waals surface area contributed by atoms with Crippen molar-refractivity contribution in [1.29, 1.82) is 0 Å². The van der Waals surface area contributed by atoms with Crippen molar-refractivity contribution in [2.24, 2.45) is 4.99 Å². The summed E-state index contributed by atoms with van der Waals surface area (Å²) in [6.45, 7) is 6.00. The van der Waals surface area contributed by atoms with E-state index in [1.54, 1.807) is 0 Å². The summed E-state index contributed by atoms with van der Waals surface area (Å²) >= 11 is 0. The van der Waals surface area contributed by atoms with Crippen LogP contribution < -0.4 is 10.6 Å². The number of hydrogen-bond acceptors (Lipinski definition) is 3. The van der Waals surface area contributed by atoms with Crippen LogP contribution in [0.25, 0.3) is 0 Å². The maximum absolute atomic E-state index is 13.8. The molecule has 8 heteroatoms. The van der Waals surface area contributed by atoms with Crippen LogP contribution in [-0.2, 0) is 19.6 Å². The standard InChI is InChI=1S/C23H30F2N4O.HI/c1-2-26-23(28-15-19-13-20(24)7-8-22(19)25)27-14-17-3-5-18(6-4-17)16-29-11-9-21(30)10-12-29;/h3-8,13,21,30H,2,9-12,14-16H2,1H3,(H2,26,27,28);1H. The third kappa shape index (κ3) is 8.34. The number of halogens is 3. The molecule has 0 unspecified atom stereocenters. The monoisotopic (exact) mass is 544 g/mol. The molecule has 2 aromatic carbocycles. The predicted molar refractivity (Wildman–Crippen MR) is 130 cm³/mol. The van der Waals surface area contributed by atoms with Crippen molar-refractivity contribution in [2.45, 2.75) is 45.5 Å². The maximum Gasteiger partial charge on any atom is 0.191 e. The van der Waals surface area contributed by atoms with Crippen molar-refractivity contribution in [2.75, 3.05) is 19.6 Å². The first-order valence-electron chi connectivity index (χ1n) is 10.5. The molecule has 1 aliphatic rings. The van der Waals surface area contributed by atoms with Crippen molar-refractivity contribution in [1.82, 2.24) is 15.5 Å². The minimum atomic E-state index is -0.462. The van der Waals surface area contributed by atoms with E-state index in [0.29, 0.717) is 19.0 Å². The number of aliphatic hydroxyl groups excluding tert-OH is 1. The third-order valence-corrected chi connectivity index (χ3v) is 5.20. The molecule has 3 N–H and O–H groups in total. The zero-order valence-corrected chi connectivity index (χ0v) is 20.1. The largest absolute Gasteiger partial charge is 0.393 e. The van der Waals surface area contributed by atoms with Crippen LogP contribution in [0, 0.1) is 11.6 Å². The Morgan fingerprint density at radius 3 is 2.42 bits per heavy atom. The molecule has 5 nitrogen and oxygen atoms in total. The van der Waals surface area contributed by atoms with Crippen LogP contribution in [-0.4, -0.2) is 41.7 Å². The zero-order chi connectivity index (χ0) is 21.3. The summed E-state index contributed by atoms with van der Waals surface area (Å²) in [5.41, 5.74) is 2.57. The molecule has 0 aliphatic carbocycles. The highest BCUT2D eigenvalue weighted by atomic mass is 127. The Morgan fingerprint density at radius 2 is 1.74 bits per heavy atom. The average molecular weight is 544 g/mol. The quantitative estimate of drug-likeness (QED) is 0.282. The highest BCUT2D eigenvalue weighted by Gasteiger charge is 2.16. The van der Waals surface area contributed by atoms with Crippen LogP contribution in [0.4, 0.5) is 8.78 Å². The lowest BCUT2D eigenvalue weighted by Gasteiger charge is -2.29. The summed E-state index contributed by atoms with van der Waals surface area (Å²) < 4.78 is 27.1. The van der Waals surface area contributed by atoms with E-state index in [-0.39, 0.29) is 42.2 Å². The lowest BCUT2D eigenvalue weighted by Crippen LogP contribution is -2.37. The molecule has 0 saturated carbocycles. The smallest absolute Gasteiger partial charge is 0.191 e. The molecule has 0 aromatic heterocycles. The highest BCUT2D eigenvalue weighted by molar-refractivity contribution is 14.0. The molecule has 2 aromatic rings. The van der Waals surface area contributed by atoms with Crippen LogP contribution in [0.1, 0.15) is 36.5 Å². The van der Waals surface area contributed by atoms with E-state index >= 15 is 0 Å². The summed E-state index contributed by atoms with van der Waals surface area (Å²) in [6, 6.07) is 11.8. The van der Waals surface area contributed by atoms with E-state index in [4.69, 9.17) is 0 Å². The number of rotatable bonds is 7. The Bertz CT molecular complexity index is 840. The van der Waals surface area contributed by atoms with Gasteiger partial charge in [-0.3, -0.25) is 4.90 Å². The Kier molecular flexibility index (Phi) is 10.6. The summed E-state index contributed by atoms with van der Waals surface area (Å²) in [5.74, 6) is -0.355. The normalized spacial score (nSPS) is 15.4. The van der Waals surface area contributed by atoms with Gasteiger partial charge in [-0.1, -0.05) is 24.3 Å². The fraction of sp³-hybridized carbons (Fsp3) is 0.435. The second-order valence-electron chi connectivity index (χ2n) is 7.61. The van der Waals surface area contributed by atoms with Gasteiger partial charge in [-0.2, -0.15) is 0 Å². The van der Waals surface area contributed by atoms with Crippen molar-refractivity contribution in [3.8, 4) is 0 Å². The molecule has 0 amide bonds. The first-order valence-corrected chi connectivity index (χ1v) is 10.5. The first-order chi connectivity index (χ1) is 14.5. The molecule has 3 rings (SSSR count). The number of benzene rings is 2. The molecule has 1 heterocycles. The molecule has 31 heavy (non-hydrogen) atoms.